The van der Waals surface area contributed by atoms with Crippen molar-refractivity contribution in [1.82, 2.24) is 15.2 Å². The molecular weight excluding hydrogens is 476 g/mol. The minimum absolute atomic E-state index is 0.138. The fourth-order valence-corrected chi connectivity index (χ4v) is 4.20. The number of hydrazone groups is 1. The number of methoxy groups -OCH3 is 1. The molecule has 1 aliphatic rings. The lowest BCUT2D eigenvalue weighted by Crippen LogP contribution is -2.48. The Hall–Kier alpha value is -3.39. The van der Waals surface area contributed by atoms with Gasteiger partial charge in [-0.15, -0.1) is 0 Å². The summed E-state index contributed by atoms with van der Waals surface area (Å²) in [5.74, 6) is 1.12. The Morgan fingerprint density at radius 1 is 0.972 bits per heavy atom. The van der Waals surface area contributed by atoms with Gasteiger partial charge in [0.25, 0.3) is 5.91 Å². The van der Waals surface area contributed by atoms with E-state index in [1.807, 2.05) is 66.7 Å². The standard InChI is InChI=1S/C28H31ClN4O3/c1-35-27-17-23(11-12-26(27)36-21-22-7-3-2-4-8-22)18-30-31-28(34)20-33-15-13-32(14-16-33)19-24-9-5-6-10-25(24)29/h2-12,17-18H,13-16,19-21H2,1H3,(H,31,34)/b30-18+. The maximum Gasteiger partial charge on any atom is 0.254 e. The summed E-state index contributed by atoms with van der Waals surface area (Å²) < 4.78 is 11.4. The summed E-state index contributed by atoms with van der Waals surface area (Å²) >= 11 is 6.28. The summed E-state index contributed by atoms with van der Waals surface area (Å²) in [6.07, 6.45) is 1.60. The summed E-state index contributed by atoms with van der Waals surface area (Å²) in [7, 11) is 1.60. The molecular formula is C28H31ClN4O3. The zero-order valence-electron chi connectivity index (χ0n) is 20.4. The zero-order valence-corrected chi connectivity index (χ0v) is 21.2. The van der Waals surface area contributed by atoms with Crippen LogP contribution in [0.5, 0.6) is 11.5 Å². The third-order valence-electron chi connectivity index (χ3n) is 6.01. The molecule has 7 nitrogen and oxygen atoms in total. The molecule has 0 unspecified atom stereocenters. The Balaban J connectivity index is 1.21. The van der Waals surface area contributed by atoms with E-state index in [2.05, 4.69) is 26.4 Å². The van der Waals surface area contributed by atoms with Gasteiger partial charge in [0.1, 0.15) is 6.61 Å². The number of carbonyl (C=O) groups is 1. The van der Waals surface area contributed by atoms with E-state index in [0.717, 1.165) is 54.4 Å². The van der Waals surface area contributed by atoms with Crippen molar-refractivity contribution in [1.29, 1.82) is 0 Å². The number of benzene rings is 3. The van der Waals surface area contributed by atoms with E-state index in [0.29, 0.717) is 24.7 Å². The number of nitrogens with zero attached hydrogens (tertiary/aromatic N) is 3. The molecule has 0 spiro atoms. The Kier molecular flexibility index (Phi) is 9.33. The van der Waals surface area contributed by atoms with Gasteiger partial charge in [-0.25, -0.2) is 5.43 Å². The van der Waals surface area contributed by atoms with E-state index in [-0.39, 0.29) is 5.91 Å². The summed E-state index contributed by atoms with van der Waals surface area (Å²) in [6.45, 7) is 5.01. The van der Waals surface area contributed by atoms with Gasteiger partial charge in [0.15, 0.2) is 11.5 Å². The number of hydrogen-bond acceptors (Lipinski definition) is 6. The molecule has 4 rings (SSSR count). The van der Waals surface area contributed by atoms with Crippen molar-refractivity contribution < 1.29 is 14.3 Å². The van der Waals surface area contributed by atoms with Crippen LogP contribution in [0.25, 0.3) is 0 Å². The third kappa shape index (κ3) is 7.55. The van der Waals surface area contributed by atoms with Gasteiger partial charge in [0.05, 0.1) is 19.9 Å². The third-order valence-corrected chi connectivity index (χ3v) is 6.38. The summed E-state index contributed by atoms with van der Waals surface area (Å²) in [4.78, 5) is 16.9. The number of nitrogens with one attached hydrogen (secondary N) is 1. The number of amides is 1. The van der Waals surface area contributed by atoms with Gasteiger partial charge in [-0.3, -0.25) is 14.6 Å². The first-order valence-electron chi connectivity index (χ1n) is 12.0. The van der Waals surface area contributed by atoms with Crippen molar-refractivity contribution in [3.63, 3.8) is 0 Å². The molecule has 0 radical (unpaired) electrons. The molecule has 0 aromatic heterocycles. The molecule has 3 aromatic rings. The Bertz CT molecular complexity index is 1160. The first-order valence-corrected chi connectivity index (χ1v) is 12.3. The second-order valence-electron chi connectivity index (χ2n) is 8.62. The minimum atomic E-state index is -0.138. The summed E-state index contributed by atoms with van der Waals surface area (Å²) in [6, 6.07) is 23.4. The van der Waals surface area contributed by atoms with E-state index >= 15 is 0 Å². The second-order valence-corrected chi connectivity index (χ2v) is 9.03. The molecule has 0 aliphatic carbocycles. The lowest BCUT2D eigenvalue weighted by Gasteiger charge is -2.34. The Labute approximate surface area is 217 Å². The van der Waals surface area contributed by atoms with Crippen molar-refractivity contribution >= 4 is 23.7 Å². The van der Waals surface area contributed by atoms with E-state index in [9.17, 15) is 4.79 Å². The van der Waals surface area contributed by atoms with Gasteiger partial charge >= 0.3 is 0 Å². The highest BCUT2D eigenvalue weighted by Gasteiger charge is 2.19. The molecule has 1 N–H and O–H groups in total. The molecule has 8 heteroatoms. The van der Waals surface area contributed by atoms with Crippen LogP contribution >= 0.6 is 11.6 Å². The molecule has 3 aromatic carbocycles. The topological polar surface area (TPSA) is 66.4 Å². The van der Waals surface area contributed by atoms with E-state index in [1.165, 1.54) is 0 Å². The average molecular weight is 507 g/mol. The smallest absolute Gasteiger partial charge is 0.254 e. The SMILES string of the molecule is COc1cc(/C=N/NC(=O)CN2CCN(Cc3ccccc3Cl)CC2)ccc1OCc1ccccc1. The largest absolute Gasteiger partial charge is 0.493 e. The number of halogens is 1. The van der Waals surface area contributed by atoms with Crippen LogP contribution < -0.4 is 14.9 Å². The zero-order chi connectivity index (χ0) is 25.2. The predicted molar refractivity (Wildman–Crippen MR) is 143 cm³/mol. The molecule has 1 fully saturated rings. The van der Waals surface area contributed by atoms with Crippen LogP contribution in [-0.4, -0.2) is 61.8 Å². The van der Waals surface area contributed by atoms with Crippen molar-refractivity contribution in [2.24, 2.45) is 5.10 Å². The molecule has 0 bridgehead atoms. The lowest BCUT2D eigenvalue weighted by molar-refractivity contribution is -0.122. The minimum Gasteiger partial charge on any atom is -0.493 e. The number of piperazine rings is 1. The molecule has 188 valence electrons. The van der Waals surface area contributed by atoms with Crippen molar-refractivity contribution in [2.45, 2.75) is 13.2 Å². The van der Waals surface area contributed by atoms with Crippen LogP contribution in [-0.2, 0) is 17.9 Å². The lowest BCUT2D eigenvalue weighted by atomic mass is 10.2. The highest BCUT2D eigenvalue weighted by Crippen LogP contribution is 2.28. The Morgan fingerprint density at radius 2 is 1.69 bits per heavy atom. The highest BCUT2D eigenvalue weighted by molar-refractivity contribution is 6.31. The molecule has 0 atom stereocenters. The number of rotatable bonds is 10. The van der Waals surface area contributed by atoms with Crippen molar-refractivity contribution in [2.75, 3.05) is 39.8 Å². The average Bonchev–Trinajstić information content (AvgIpc) is 2.91. The van der Waals surface area contributed by atoms with Crippen LogP contribution in [0.1, 0.15) is 16.7 Å². The predicted octanol–water partition coefficient (Wildman–Crippen LogP) is 4.20. The van der Waals surface area contributed by atoms with Gasteiger partial charge in [0.2, 0.25) is 0 Å². The molecule has 1 saturated heterocycles. The van der Waals surface area contributed by atoms with E-state index < -0.39 is 0 Å². The van der Waals surface area contributed by atoms with Crippen LogP contribution in [0.2, 0.25) is 5.02 Å². The van der Waals surface area contributed by atoms with Gasteiger partial charge in [0, 0.05) is 37.7 Å². The van der Waals surface area contributed by atoms with Crippen LogP contribution in [0.3, 0.4) is 0 Å². The summed E-state index contributed by atoms with van der Waals surface area (Å²) in [5.41, 5.74) is 5.63. The van der Waals surface area contributed by atoms with E-state index in [4.69, 9.17) is 21.1 Å². The molecule has 1 heterocycles. The molecule has 36 heavy (non-hydrogen) atoms. The van der Waals surface area contributed by atoms with Gasteiger partial charge in [-0.1, -0.05) is 60.1 Å². The monoisotopic (exact) mass is 506 g/mol. The second kappa shape index (κ2) is 13.1. The van der Waals surface area contributed by atoms with Crippen LogP contribution in [0.4, 0.5) is 0 Å². The maximum absolute atomic E-state index is 12.4. The molecule has 1 amide bonds. The Morgan fingerprint density at radius 3 is 2.44 bits per heavy atom. The van der Waals surface area contributed by atoms with Crippen molar-refractivity contribution in [3.05, 3.63) is 94.5 Å². The summed E-state index contributed by atoms with van der Waals surface area (Å²) in [5, 5.41) is 4.91. The van der Waals surface area contributed by atoms with Gasteiger partial charge < -0.3 is 9.47 Å². The van der Waals surface area contributed by atoms with Crippen molar-refractivity contribution in [3.8, 4) is 11.5 Å². The number of hydrogen-bond donors (Lipinski definition) is 1. The first-order chi connectivity index (χ1) is 17.6. The van der Waals surface area contributed by atoms with Crippen LogP contribution in [0.15, 0.2) is 77.9 Å². The normalized spacial score (nSPS) is 14.6. The highest BCUT2D eigenvalue weighted by atomic mass is 35.5. The van der Waals surface area contributed by atoms with E-state index in [1.54, 1.807) is 13.3 Å². The van der Waals surface area contributed by atoms with Crippen LogP contribution in [0, 0.1) is 0 Å². The number of carbonyl (C=O) groups excluding carboxylic acids is 1. The quantitative estimate of drug-likeness (QED) is 0.330. The maximum atomic E-state index is 12.4. The fraction of sp³-hybridized carbons (Fsp3) is 0.286. The molecule has 1 aliphatic heterocycles. The molecule has 0 saturated carbocycles. The van der Waals surface area contributed by atoms with Gasteiger partial charge in [-0.05, 0) is 41.0 Å². The number of ether oxygens (including phenoxy) is 2. The van der Waals surface area contributed by atoms with Gasteiger partial charge in [-0.2, -0.15) is 5.10 Å². The first kappa shape index (κ1) is 25.7. The fourth-order valence-electron chi connectivity index (χ4n) is 4.01.